The second-order valence-electron chi connectivity index (χ2n) is 4.99. The van der Waals surface area contributed by atoms with E-state index in [1.807, 2.05) is 0 Å². The summed E-state index contributed by atoms with van der Waals surface area (Å²) in [5, 5.41) is 0. The number of benzene rings is 1. The van der Waals surface area contributed by atoms with E-state index in [-0.39, 0.29) is 6.04 Å². The van der Waals surface area contributed by atoms with Crippen LogP contribution in [0.25, 0.3) is 0 Å². The lowest BCUT2D eigenvalue weighted by molar-refractivity contribution is -0.137. The van der Waals surface area contributed by atoms with Crippen molar-refractivity contribution >= 4 is 5.84 Å². The number of nitrogens with zero attached hydrogens (tertiary/aromatic N) is 1. The molecule has 1 saturated carbocycles. The van der Waals surface area contributed by atoms with Crippen LogP contribution in [-0.4, -0.2) is 11.9 Å². The number of aliphatic imine (C=N–C) groups is 1. The zero-order chi connectivity index (χ0) is 14.6. The first kappa shape index (κ1) is 14.8. The van der Waals surface area contributed by atoms with Crippen LogP contribution in [0.2, 0.25) is 0 Å². The number of hydrazine groups is 1. The number of nitrogens with two attached hydrogens (primary N) is 1. The molecule has 3 nitrogen and oxygen atoms in total. The summed E-state index contributed by atoms with van der Waals surface area (Å²) < 4.78 is 37.5. The predicted molar refractivity (Wildman–Crippen MR) is 72.2 cm³/mol. The van der Waals surface area contributed by atoms with Crippen LogP contribution < -0.4 is 11.3 Å². The van der Waals surface area contributed by atoms with Gasteiger partial charge in [-0.1, -0.05) is 31.4 Å². The Morgan fingerprint density at radius 2 is 1.70 bits per heavy atom. The third kappa shape index (κ3) is 3.72. The molecule has 20 heavy (non-hydrogen) atoms. The minimum atomic E-state index is -4.32. The van der Waals surface area contributed by atoms with E-state index < -0.39 is 11.7 Å². The Kier molecular flexibility index (Phi) is 4.65. The highest BCUT2D eigenvalue weighted by atomic mass is 19.4. The van der Waals surface area contributed by atoms with E-state index in [1.165, 1.54) is 18.6 Å². The normalized spacial score (nSPS) is 18.1. The lowest BCUT2D eigenvalue weighted by atomic mass is 9.96. The molecular weight excluding hydrogens is 267 g/mol. The minimum absolute atomic E-state index is 0.206. The molecule has 0 aliphatic heterocycles. The molecule has 1 fully saturated rings. The maximum atomic E-state index is 12.5. The predicted octanol–water partition coefficient (Wildman–Crippen LogP) is 3.25. The van der Waals surface area contributed by atoms with Gasteiger partial charge in [0, 0.05) is 5.56 Å². The third-order valence-electron chi connectivity index (χ3n) is 3.51. The minimum Gasteiger partial charge on any atom is -0.308 e. The van der Waals surface area contributed by atoms with Gasteiger partial charge in [-0.05, 0) is 25.0 Å². The Bertz CT molecular complexity index is 460. The van der Waals surface area contributed by atoms with Crippen molar-refractivity contribution in [1.82, 2.24) is 5.43 Å². The molecule has 0 spiro atoms. The average molecular weight is 285 g/mol. The zero-order valence-corrected chi connectivity index (χ0v) is 11.1. The number of rotatable bonds is 2. The molecule has 6 heteroatoms. The van der Waals surface area contributed by atoms with Gasteiger partial charge in [-0.25, -0.2) is 5.84 Å². The molecule has 0 saturated heterocycles. The van der Waals surface area contributed by atoms with Gasteiger partial charge in [-0.3, -0.25) is 4.99 Å². The van der Waals surface area contributed by atoms with Gasteiger partial charge in [0.15, 0.2) is 0 Å². The molecule has 1 aromatic rings. The van der Waals surface area contributed by atoms with Crippen LogP contribution in [0, 0.1) is 0 Å². The Balaban J connectivity index is 2.16. The van der Waals surface area contributed by atoms with Crippen molar-refractivity contribution in [2.75, 3.05) is 0 Å². The molecule has 1 aromatic carbocycles. The smallest absolute Gasteiger partial charge is 0.308 e. The van der Waals surface area contributed by atoms with E-state index in [9.17, 15) is 13.2 Å². The highest BCUT2D eigenvalue weighted by Gasteiger charge is 2.30. The van der Waals surface area contributed by atoms with Crippen LogP contribution in [0.5, 0.6) is 0 Å². The van der Waals surface area contributed by atoms with Crippen molar-refractivity contribution in [2.24, 2.45) is 10.8 Å². The summed E-state index contributed by atoms with van der Waals surface area (Å²) in [6.45, 7) is 0. The molecule has 0 bridgehead atoms. The monoisotopic (exact) mass is 285 g/mol. The Morgan fingerprint density at radius 3 is 2.20 bits per heavy atom. The van der Waals surface area contributed by atoms with Gasteiger partial charge in [-0.15, -0.1) is 0 Å². The van der Waals surface area contributed by atoms with Gasteiger partial charge in [0.05, 0.1) is 11.6 Å². The first-order valence-corrected chi connectivity index (χ1v) is 6.73. The van der Waals surface area contributed by atoms with Gasteiger partial charge >= 0.3 is 6.18 Å². The lowest BCUT2D eigenvalue weighted by Crippen LogP contribution is -2.32. The molecular formula is C14H18F3N3. The quantitative estimate of drug-likeness (QED) is 0.379. The maximum absolute atomic E-state index is 12.5. The van der Waals surface area contributed by atoms with Gasteiger partial charge in [-0.2, -0.15) is 13.2 Å². The van der Waals surface area contributed by atoms with E-state index in [0.29, 0.717) is 11.4 Å². The van der Waals surface area contributed by atoms with Gasteiger partial charge in [0.2, 0.25) is 0 Å². The summed E-state index contributed by atoms with van der Waals surface area (Å²) in [6.07, 6.45) is 1.18. The molecule has 0 radical (unpaired) electrons. The van der Waals surface area contributed by atoms with E-state index in [4.69, 9.17) is 5.84 Å². The lowest BCUT2D eigenvalue weighted by Gasteiger charge is -2.19. The molecule has 110 valence electrons. The Labute approximate surface area is 116 Å². The van der Waals surface area contributed by atoms with E-state index in [1.54, 1.807) is 0 Å². The number of halogens is 3. The van der Waals surface area contributed by atoms with Crippen LogP contribution in [0.15, 0.2) is 29.3 Å². The number of hydrogen-bond donors (Lipinski definition) is 2. The van der Waals surface area contributed by atoms with Crippen molar-refractivity contribution in [2.45, 2.75) is 44.3 Å². The average Bonchev–Trinajstić information content (AvgIpc) is 2.45. The van der Waals surface area contributed by atoms with Gasteiger partial charge in [0.1, 0.15) is 5.84 Å². The molecule has 3 N–H and O–H groups in total. The summed E-state index contributed by atoms with van der Waals surface area (Å²) in [7, 11) is 0. The first-order chi connectivity index (χ1) is 9.50. The summed E-state index contributed by atoms with van der Waals surface area (Å²) >= 11 is 0. The number of hydrogen-bond acceptors (Lipinski definition) is 2. The second kappa shape index (κ2) is 6.26. The fraction of sp³-hybridized carbons (Fsp3) is 0.500. The zero-order valence-electron chi connectivity index (χ0n) is 11.1. The van der Waals surface area contributed by atoms with Gasteiger partial charge in [0.25, 0.3) is 0 Å². The molecule has 0 amide bonds. The Hall–Kier alpha value is -1.56. The highest BCUT2D eigenvalue weighted by molar-refractivity contribution is 5.98. The molecule has 0 aromatic heterocycles. The van der Waals surface area contributed by atoms with E-state index in [0.717, 1.165) is 37.8 Å². The molecule has 0 heterocycles. The van der Waals surface area contributed by atoms with E-state index in [2.05, 4.69) is 10.4 Å². The fourth-order valence-electron chi connectivity index (χ4n) is 2.40. The summed E-state index contributed by atoms with van der Waals surface area (Å²) in [4.78, 5) is 4.52. The van der Waals surface area contributed by atoms with Crippen molar-refractivity contribution in [1.29, 1.82) is 0 Å². The van der Waals surface area contributed by atoms with Crippen molar-refractivity contribution < 1.29 is 13.2 Å². The van der Waals surface area contributed by atoms with Crippen LogP contribution in [0.3, 0.4) is 0 Å². The largest absolute Gasteiger partial charge is 0.416 e. The number of nitrogens with one attached hydrogen (secondary N) is 1. The van der Waals surface area contributed by atoms with Crippen molar-refractivity contribution in [3.8, 4) is 0 Å². The van der Waals surface area contributed by atoms with Crippen LogP contribution in [0.4, 0.5) is 13.2 Å². The highest BCUT2D eigenvalue weighted by Crippen LogP contribution is 2.29. The van der Waals surface area contributed by atoms with Crippen LogP contribution in [0.1, 0.15) is 43.2 Å². The third-order valence-corrected chi connectivity index (χ3v) is 3.51. The van der Waals surface area contributed by atoms with Crippen LogP contribution >= 0.6 is 0 Å². The maximum Gasteiger partial charge on any atom is 0.416 e. The molecule has 0 atom stereocenters. The van der Waals surface area contributed by atoms with E-state index >= 15 is 0 Å². The molecule has 1 aliphatic carbocycles. The second-order valence-corrected chi connectivity index (χ2v) is 4.99. The van der Waals surface area contributed by atoms with Crippen molar-refractivity contribution in [3.63, 3.8) is 0 Å². The standard InChI is InChI=1S/C14H18F3N3/c15-14(16,17)11-8-6-10(7-9-11)13(20-18)19-12-4-2-1-3-5-12/h6-9,12H,1-5,18H2,(H,19,20). The number of amidine groups is 1. The SMILES string of the molecule is NNC(=NC1CCCCC1)c1ccc(C(F)(F)F)cc1. The summed E-state index contributed by atoms with van der Waals surface area (Å²) in [6, 6.07) is 5.08. The Morgan fingerprint density at radius 1 is 1.10 bits per heavy atom. The topological polar surface area (TPSA) is 50.4 Å². The molecule has 1 aliphatic rings. The molecule has 0 unspecified atom stereocenters. The van der Waals surface area contributed by atoms with Crippen molar-refractivity contribution in [3.05, 3.63) is 35.4 Å². The molecule has 2 rings (SSSR count). The number of alkyl halides is 3. The first-order valence-electron chi connectivity index (χ1n) is 6.73. The van der Waals surface area contributed by atoms with Crippen LogP contribution in [-0.2, 0) is 6.18 Å². The summed E-state index contributed by atoms with van der Waals surface area (Å²) in [5.41, 5.74) is 2.40. The summed E-state index contributed by atoms with van der Waals surface area (Å²) in [5.74, 6) is 5.89. The van der Waals surface area contributed by atoms with Gasteiger partial charge < -0.3 is 5.43 Å². The fourth-order valence-corrected chi connectivity index (χ4v) is 2.40.